The fourth-order valence-corrected chi connectivity index (χ4v) is 3.90. The van der Waals surface area contributed by atoms with Crippen molar-refractivity contribution in [3.8, 4) is 0 Å². The van der Waals surface area contributed by atoms with E-state index in [1.54, 1.807) is 0 Å². The standard InChI is InChI=1S/C23H35NO7/c1-4-5-11-27-14-17(25)15-28-19-12-18(20-21(19)31-23(2,3)30-20)24-22(26)29-13-16-9-7-6-8-10-16/h6-10,17-21,25H,4-5,11-15H2,1-3H3,(H,24,26)/t17?,18-,19+,20+,21?/m1/s1. The van der Waals surface area contributed by atoms with Crippen LogP contribution in [0.25, 0.3) is 0 Å². The fourth-order valence-electron chi connectivity index (χ4n) is 3.90. The Kier molecular flexibility index (Phi) is 8.68. The van der Waals surface area contributed by atoms with Crippen molar-refractivity contribution in [2.75, 3.05) is 19.8 Å². The Balaban J connectivity index is 1.49. The molecule has 1 aromatic carbocycles. The summed E-state index contributed by atoms with van der Waals surface area (Å²) in [6.45, 7) is 6.95. The molecule has 8 heteroatoms. The lowest BCUT2D eigenvalue weighted by Gasteiger charge is -2.24. The first-order valence-electron chi connectivity index (χ1n) is 11.1. The number of ether oxygens (including phenoxy) is 5. The first kappa shape index (κ1) is 23.9. The van der Waals surface area contributed by atoms with Gasteiger partial charge in [0.05, 0.1) is 25.4 Å². The number of hydrogen-bond acceptors (Lipinski definition) is 7. The van der Waals surface area contributed by atoms with Gasteiger partial charge in [-0.3, -0.25) is 0 Å². The van der Waals surface area contributed by atoms with Crippen LogP contribution >= 0.6 is 0 Å². The summed E-state index contributed by atoms with van der Waals surface area (Å²) in [5, 5.41) is 13.0. The highest BCUT2D eigenvalue weighted by Gasteiger charge is 2.55. The van der Waals surface area contributed by atoms with E-state index in [1.807, 2.05) is 44.2 Å². The van der Waals surface area contributed by atoms with Crippen LogP contribution in [0.5, 0.6) is 0 Å². The summed E-state index contributed by atoms with van der Waals surface area (Å²) in [5.74, 6) is -0.771. The van der Waals surface area contributed by atoms with Gasteiger partial charge in [-0.1, -0.05) is 43.7 Å². The quantitative estimate of drug-likeness (QED) is 0.514. The van der Waals surface area contributed by atoms with Gasteiger partial charge >= 0.3 is 6.09 Å². The average Bonchev–Trinajstić information content (AvgIpc) is 3.22. The predicted molar refractivity (Wildman–Crippen MR) is 113 cm³/mol. The molecule has 2 N–H and O–H groups in total. The second kappa shape index (κ2) is 11.2. The normalized spacial score (nSPS) is 27.6. The number of carbonyl (C=O) groups excluding carboxylic acids is 1. The van der Waals surface area contributed by atoms with Crippen molar-refractivity contribution in [2.45, 2.75) is 82.9 Å². The zero-order valence-electron chi connectivity index (χ0n) is 18.6. The van der Waals surface area contributed by atoms with Crippen LogP contribution in [-0.2, 0) is 30.3 Å². The van der Waals surface area contributed by atoms with Crippen LogP contribution in [0, 0.1) is 0 Å². The molecule has 0 spiro atoms. The SMILES string of the molecule is CCCCOCC(O)CO[C@H]1C[C@@H](NC(=O)OCc2ccccc2)[C@@H]2OC(C)(C)OC12. The summed E-state index contributed by atoms with van der Waals surface area (Å²) in [5.41, 5.74) is 0.917. The maximum absolute atomic E-state index is 12.3. The minimum atomic E-state index is -0.771. The zero-order chi connectivity index (χ0) is 22.3. The highest BCUT2D eigenvalue weighted by atomic mass is 16.8. The van der Waals surface area contributed by atoms with Crippen LogP contribution in [0.2, 0.25) is 0 Å². The second-order valence-electron chi connectivity index (χ2n) is 8.57. The topological polar surface area (TPSA) is 95.5 Å². The summed E-state index contributed by atoms with van der Waals surface area (Å²) in [6.07, 6.45) is 0.316. The van der Waals surface area contributed by atoms with Crippen molar-refractivity contribution in [3.05, 3.63) is 35.9 Å². The van der Waals surface area contributed by atoms with E-state index in [1.165, 1.54) is 0 Å². The van der Waals surface area contributed by atoms with Crippen molar-refractivity contribution in [1.82, 2.24) is 5.32 Å². The number of nitrogens with one attached hydrogen (secondary N) is 1. The Bertz CT molecular complexity index is 684. The van der Waals surface area contributed by atoms with Gasteiger partial charge in [-0.15, -0.1) is 0 Å². The van der Waals surface area contributed by atoms with Gasteiger partial charge in [0.2, 0.25) is 0 Å². The lowest BCUT2D eigenvalue weighted by Crippen LogP contribution is -2.43. The van der Waals surface area contributed by atoms with E-state index in [9.17, 15) is 9.90 Å². The van der Waals surface area contributed by atoms with Gasteiger partial charge in [-0.05, 0) is 32.3 Å². The Morgan fingerprint density at radius 1 is 1.23 bits per heavy atom. The molecular weight excluding hydrogens is 402 g/mol. The smallest absolute Gasteiger partial charge is 0.407 e. The third kappa shape index (κ3) is 7.15. The lowest BCUT2D eigenvalue weighted by molar-refractivity contribution is -0.171. The first-order valence-corrected chi connectivity index (χ1v) is 11.1. The van der Waals surface area contributed by atoms with E-state index in [-0.39, 0.29) is 44.2 Å². The van der Waals surface area contributed by atoms with Crippen LogP contribution in [0.1, 0.15) is 45.6 Å². The Labute approximate surface area is 184 Å². The summed E-state index contributed by atoms with van der Waals surface area (Å²) in [7, 11) is 0. The molecule has 0 aromatic heterocycles. The van der Waals surface area contributed by atoms with E-state index < -0.39 is 18.0 Å². The Hall–Kier alpha value is -1.71. The van der Waals surface area contributed by atoms with E-state index >= 15 is 0 Å². The molecule has 0 bridgehead atoms. The van der Waals surface area contributed by atoms with Crippen LogP contribution in [-0.4, -0.2) is 67.3 Å². The van der Waals surface area contributed by atoms with Crippen molar-refractivity contribution >= 4 is 6.09 Å². The summed E-state index contributed by atoms with van der Waals surface area (Å²) < 4.78 is 28.8. The van der Waals surface area contributed by atoms with Gasteiger partial charge < -0.3 is 34.1 Å². The highest BCUT2D eigenvalue weighted by Crippen LogP contribution is 2.39. The number of fused-ring (bicyclic) bond motifs is 1. The molecule has 1 aliphatic heterocycles. The summed E-state index contributed by atoms with van der Waals surface area (Å²) in [4.78, 5) is 12.3. The van der Waals surface area contributed by atoms with E-state index in [0.717, 1.165) is 18.4 Å². The molecule has 1 amide bonds. The second-order valence-corrected chi connectivity index (χ2v) is 8.57. The number of rotatable bonds is 11. The molecule has 5 atom stereocenters. The monoisotopic (exact) mass is 437 g/mol. The van der Waals surface area contributed by atoms with Gasteiger partial charge in [0.15, 0.2) is 5.79 Å². The third-order valence-electron chi connectivity index (χ3n) is 5.38. The van der Waals surface area contributed by atoms with Crippen molar-refractivity contribution < 1.29 is 33.6 Å². The third-order valence-corrected chi connectivity index (χ3v) is 5.38. The summed E-state index contributed by atoms with van der Waals surface area (Å²) >= 11 is 0. The van der Waals surface area contributed by atoms with Gasteiger partial charge in [0.1, 0.15) is 24.9 Å². The number of hydrogen-bond donors (Lipinski definition) is 2. The van der Waals surface area contributed by atoms with Crippen LogP contribution in [0.3, 0.4) is 0 Å². The van der Waals surface area contributed by atoms with Gasteiger partial charge in [0.25, 0.3) is 0 Å². The van der Waals surface area contributed by atoms with Crippen LogP contribution < -0.4 is 5.32 Å². The van der Waals surface area contributed by atoms with Crippen molar-refractivity contribution in [1.29, 1.82) is 0 Å². The van der Waals surface area contributed by atoms with Gasteiger partial charge in [0, 0.05) is 6.61 Å². The number of amides is 1. The average molecular weight is 438 g/mol. The molecule has 1 saturated heterocycles. The maximum atomic E-state index is 12.3. The molecule has 1 aromatic rings. The van der Waals surface area contributed by atoms with E-state index in [2.05, 4.69) is 12.2 Å². The number of alkyl carbamates (subject to hydrolysis) is 1. The molecule has 2 fully saturated rings. The van der Waals surface area contributed by atoms with Crippen LogP contribution in [0.4, 0.5) is 4.79 Å². The number of unbranched alkanes of at least 4 members (excludes halogenated alkanes) is 1. The van der Waals surface area contributed by atoms with Gasteiger partial charge in [-0.25, -0.2) is 4.79 Å². The van der Waals surface area contributed by atoms with E-state index in [4.69, 9.17) is 23.7 Å². The van der Waals surface area contributed by atoms with Crippen LogP contribution in [0.15, 0.2) is 30.3 Å². The number of aliphatic hydroxyl groups excluding tert-OH is 1. The highest BCUT2D eigenvalue weighted by molar-refractivity contribution is 5.67. The Morgan fingerprint density at radius 3 is 2.71 bits per heavy atom. The molecule has 174 valence electrons. The molecule has 3 rings (SSSR count). The largest absolute Gasteiger partial charge is 0.445 e. The van der Waals surface area contributed by atoms with Gasteiger partial charge in [-0.2, -0.15) is 0 Å². The molecule has 8 nitrogen and oxygen atoms in total. The minimum Gasteiger partial charge on any atom is -0.445 e. The molecule has 1 saturated carbocycles. The Morgan fingerprint density at radius 2 is 1.97 bits per heavy atom. The first-order chi connectivity index (χ1) is 14.9. The number of carbonyl (C=O) groups is 1. The maximum Gasteiger partial charge on any atom is 0.407 e. The minimum absolute atomic E-state index is 0.134. The lowest BCUT2D eigenvalue weighted by atomic mass is 10.2. The fraction of sp³-hybridized carbons (Fsp3) is 0.696. The molecule has 0 radical (unpaired) electrons. The predicted octanol–water partition coefficient (Wildman–Crippen LogP) is 2.77. The van der Waals surface area contributed by atoms with Crippen molar-refractivity contribution in [3.63, 3.8) is 0 Å². The molecule has 2 aliphatic rings. The molecule has 1 heterocycles. The molecule has 1 aliphatic carbocycles. The van der Waals surface area contributed by atoms with Crippen molar-refractivity contribution in [2.24, 2.45) is 0 Å². The number of benzene rings is 1. The zero-order valence-corrected chi connectivity index (χ0v) is 18.6. The summed E-state index contributed by atoms with van der Waals surface area (Å²) in [6, 6.07) is 9.20. The van der Waals surface area contributed by atoms with E-state index in [0.29, 0.717) is 13.0 Å². The number of aliphatic hydroxyl groups is 1. The molecule has 2 unspecified atom stereocenters. The molecule has 31 heavy (non-hydrogen) atoms. The molecular formula is C23H35NO7.